The number of hydrogen-bond acceptors (Lipinski definition) is 3. The topological polar surface area (TPSA) is 64.0 Å². The van der Waals surface area contributed by atoms with Gasteiger partial charge in [0.2, 0.25) is 5.91 Å². The number of fused-ring (bicyclic) bond motifs is 1. The van der Waals surface area contributed by atoms with Crippen molar-refractivity contribution >= 4 is 29.1 Å². The van der Waals surface area contributed by atoms with Gasteiger partial charge in [0, 0.05) is 22.6 Å². The van der Waals surface area contributed by atoms with Gasteiger partial charge in [0.15, 0.2) is 5.78 Å². The van der Waals surface area contributed by atoms with E-state index >= 15 is 0 Å². The number of halogens is 1. The van der Waals surface area contributed by atoms with E-state index in [1.54, 1.807) is 16.8 Å². The molecular weight excluding hydrogens is 374 g/mol. The Morgan fingerprint density at radius 1 is 1.25 bits per heavy atom. The second-order valence-electron chi connectivity index (χ2n) is 6.96. The van der Waals surface area contributed by atoms with Crippen LogP contribution in [0, 0.1) is 6.92 Å². The first-order valence-electron chi connectivity index (χ1n) is 9.26. The first-order chi connectivity index (χ1) is 13.5. The van der Waals surface area contributed by atoms with Crippen LogP contribution in [0.4, 0.5) is 5.82 Å². The lowest BCUT2D eigenvalue weighted by Crippen LogP contribution is -2.28. The van der Waals surface area contributed by atoms with Crippen molar-refractivity contribution in [2.75, 3.05) is 5.32 Å². The molecule has 1 aliphatic rings. The predicted octanol–water partition coefficient (Wildman–Crippen LogP) is 4.71. The van der Waals surface area contributed by atoms with Gasteiger partial charge < -0.3 is 5.32 Å². The van der Waals surface area contributed by atoms with Crippen molar-refractivity contribution < 1.29 is 9.59 Å². The second-order valence-corrected chi connectivity index (χ2v) is 7.40. The molecule has 0 fully saturated rings. The van der Waals surface area contributed by atoms with Gasteiger partial charge in [-0.05, 0) is 37.1 Å². The molecule has 1 amide bonds. The summed E-state index contributed by atoms with van der Waals surface area (Å²) in [4.78, 5) is 25.6. The minimum absolute atomic E-state index is 0.0625. The van der Waals surface area contributed by atoms with Crippen LogP contribution in [0.2, 0.25) is 5.02 Å². The molecule has 0 bridgehead atoms. The Hall–Kier alpha value is -2.92. The Morgan fingerprint density at radius 3 is 2.68 bits per heavy atom. The highest BCUT2D eigenvalue weighted by atomic mass is 35.5. The lowest BCUT2D eigenvalue weighted by molar-refractivity contribution is -0.116. The van der Waals surface area contributed by atoms with E-state index in [2.05, 4.69) is 17.3 Å². The maximum absolute atomic E-state index is 13.2. The molecule has 6 heteroatoms. The first kappa shape index (κ1) is 18.4. The van der Waals surface area contributed by atoms with Gasteiger partial charge in [-0.1, -0.05) is 48.9 Å². The molecule has 0 saturated carbocycles. The summed E-state index contributed by atoms with van der Waals surface area (Å²) in [5.41, 5.74) is 4.00. The molecule has 1 N–H and O–H groups in total. The fraction of sp³-hybridized carbons (Fsp3) is 0.227. The van der Waals surface area contributed by atoms with Gasteiger partial charge in [-0.3, -0.25) is 9.59 Å². The number of Topliss-reactive ketones (excluding diaryl/α,β-unsaturated/α-hetero) is 1. The Bertz CT molecular complexity index is 1070. The molecule has 4 rings (SSSR count). The number of anilines is 1. The van der Waals surface area contributed by atoms with E-state index in [1.165, 1.54) is 5.56 Å². The van der Waals surface area contributed by atoms with Crippen molar-refractivity contribution in [1.82, 2.24) is 9.78 Å². The number of carbonyl (C=O) groups is 2. The summed E-state index contributed by atoms with van der Waals surface area (Å²) < 4.78 is 1.65. The molecule has 28 heavy (non-hydrogen) atoms. The summed E-state index contributed by atoms with van der Waals surface area (Å²) in [5.74, 6) is -0.268. The number of aromatic nitrogens is 2. The maximum Gasteiger partial charge on any atom is 0.226 e. The third kappa shape index (κ3) is 3.22. The molecule has 0 unspecified atom stereocenters. The van der Waals surface area contributed by atoms with E-state index in [0.29, 0.717) is 16.4 Å². The average Bonchev–Trinajstić information content (AvgIpc) is 3.03. The molecule has 1 atom stereocenters. The minimum Gasteiger partial charge on any atom is -0.310 e. The number of aryl methyl sites for hydroxylation is 2. The summed E-state index contributed by atoms with van der Waals surface area (Å²) in [5, 5.41) is 8.05. The molecule has 1 aromatic heterocycles. The lowest BCUT2D eigenvalue weighted by Gasteiger charge is -2.23. The van der Waals surface area contributed by atoms with Crippen molar-refractivity contribution in [2.24, 2.45) is 0 Å². The van der Waals surface area contributed by atoms with Crippen LogP contribution >= 0.6 is 11.6 Å². The standard InChI is InChI=1S/C22H20ClN3O2/c1-3-14-7-9-15(10-8-14)21(28)18-12-19(27)24-22-20(18)13(2)25-26(22)17-6-4-5-16(23)11-17/h4-11,18H,3,12H2,1-2H3,(H,24,27)/t18-/m0/s1. The van der Waals surface area contributed by atoms with Crippen LogP contribution in [0.1, 0.15) is 46.4 Å². The van der Waals surface area contributed by atoms with Crippen molar-refractivity contribution in [3.05, 3.63) is 75.9 Å². The molecule has 1 aliphatic heterocycles. The Kier molecular flexibility index (Phi) is 4.77. The number of rotatable bonds is 4. The maximum atomic E-state index is 13.2. The van der Waals surface area contributed by atoms with E-state index in [1.807, 2.05) is 43.3 Å². The summed E-state index contributed by atoms with van der Waals surface area (Å²) in [6.45, 7) is 3.93. The zero-order valence-electron chi connectivity index (χ0n) is 15.7. The Morgan fingerprint density at radius 2 is 2.00 bits per heavy atom. The number of carbonyl (C=O) groups excluding carboxylic acids is 2. The van der Waals surface area contributed by atoms with Crippen molar-refractivity contribution in [1.29, 1.82) is 0 Å². The van der Waals surface area contributed by atoms with Gasteiger partial charge in [-0.15, -0.1) is 0 Å². The van der Waals surface area contributed by atoms with Crippen LogP contribution in [0.3, 0.4) is 0 Å². The monoisotopic (exact) mass is 393 g/mol. The third-order valence-electron chi connectivity index (χ3n) is 5.12. The third-order valence-corrected chi connectivity index (χ3v) is 5.35. The minimum atomic E-state index is -0.552. The zero-order valence-corrected chi connectivity index (χ0v) is 16.5. The normalized spacial score (nSPS) is 15.8. The van der Waals surface area contributed by atoms with Gasteiger partial charge >= 0.3 is 0 Å². The number of nitrogens with zero attached hydrogens (tertiary/aromatic N) is 2. The number of hydrogen-bond donors (Lipinski definition) is 1. The Balaban J connectivity index is 1.78. The first-order valence-corrected chi connectivity index (χ1v) is 9.64. The van der Waals surface area contributed by atoms with Crippen LogP contribution in [0.15, 0.2) is 48.5 Å². The fourth-order valence-corrected chi connectivity index (χ4v) is 3.86. The molecule has 2 heterocycles. The van der Waals surface area contributed by atoms with E-state index < -0.39 is 5.92 Å². The summed E-state index contributed by atoms with van der Waals surface area (Å²) in [6, 6.07) is 14.8. The van der Waals surface area contributed by atoms with Crippen LogP contribution in [-0.2, 0) is 11.2 Å². The number of benzene rings is 2. The largest absolute Gasteiger partial charge is 0.310 e. The van der Waals surface area contributed by atoms with E-state index in [0.717, 1.165) is 23.4 Å². The van der Waals surface area contributed by atoms with E-state index in [4.69, 9.17) is 11.6 Å². The highest BCUT2D eigenvalue weighted by Crippen LogP contribution is 2.38. The number of nitrogens with one attached hydrogen (secondary N) is 1. The smallest absolute Gasteiger partial charge is 0.226 e. The van der Waals surface area contributed by atoms with E-state index in [-0.39, 0.29) is 18.1 Å². The van der Waals surface area contributed by atoms with Crippen LogP contribution in [0.5, 0.6) is 0 Å². The van der Waals surface area contributed by atoms with Gasteiger partial charge in [-0.25, -0.2) is 4.68 Å². The number of amides is 1. The van der Waals surface area contributed by atoms with Gasteiger partial charge in [0.25, 0.3) is 0 Å². The molecule has 3 aromatic rings. The SMILES string of the molecule is CCc1ccc(C(=O)[C@H]2CC(=O)Nc3c2c(C)nn3-c2cccc(Cl)c2)cc1. The van der Waals surface area contributed by atoms with E-state index in [9.17, 15) is 9.59 Å². The fourth-order valence-electron chi connectivity index (χ4n) is 3.67. The molecular formula is C22H20ClN3O2. The number of ketones is 1. The summed E-state index contributed by atoms with van der Waals surface area (Å²) in [6.07, 6.45) is 1.03. The zero-order chi connectivity index (χ0) is 19.8. The van der Waals surface area contributed by atoms with Crippen LogP contribution in [0.25, 0.3) is 5.69 Å². The van der Waals surface area contributed by atoms with Crippen LogP contribution < -0.4 is 5.32 Å². The molecule has 2 aromatic carbocycles. The van der Waals surface area contributed by atoms with Crippen molar-refractivity contribution in [2.45, 2.75) is 32.6 Å². The van der Waals surface area contributed by atoms with Crippen molar-refractivity contribution in [3.63, 3.8) is 0 Å². The quantitative estimate of drug-likeness (QED) is 0.653. The van der Waals surface area contributed by atoms with Gasteiger partial charge in [0.1, 0.15) is 5.82 Å². The molecule has 0 saturated heterocycles. The summed E-state index contributed by atoms with van der Waals surface area (Å²) in [7, 11) is 0. The highest BCUT2D eigenvalue weighted by molar-refractivity contribution is 6.30. The Labute approximate surface area is 168 Å². The molecule has 0 radical (unpaired) electrons. The lowest BCUT2D eigenvalue weighted by atomic mass is 9.85. The molecule has 142 valence electrons. The predicted molar refractivity (Wildman–Crippen MR) is 109 cm³/mol. The van der Waals surface area contributed by atoms with Crippen LogP contribution in [-0.4, -0.2) is 21.5 Å². The van der Waals surface area contributed by atoms with Gasteiger partial charge in [-0.2, -0.15) is 5.10 Å². The molecule has 0 spiro atoms. The van der Waals surface area contributed by atoms with Gasteiger partial charge in [0.05, 0.1) is 17.3 Å². The highest BCUT2D eigenvalue weighted by Gasteiger charge is 2.36. The summed E-state index contributed by atoms with van der Waals surface area (Å²) >= 11 is 6.11. The second kappa shape index (κ2) is 7.24. The van der Waals surface area contributed by atoms with Crippen molar-refractivity contribution in [3.8, 4) is 5.69 Å². The average molecular weight is 394 g/mol. The molecule has 5 nitrogen and oxygen atoms in total. The molecule has 0 aliphatic carbocycles.